The van der Waals surface area contributed by atoms with Crippen LogP contribution in [-0.4, -0.2) is 43.3 Å². The van der Waals surface area contributed by atoms with Crippen LogP contribution in [0.4, 0.5) is 0 Å². The van der Waals surface area contributed by atoms with Crippen molar-refractivity contribution in [2.75, 3.05) is 26.2 Å². The maximum absolute atomic E-state index is 6.36. The number of hydrogen-bond acceptors (Lipinski definition) is 3. The number of nitrogens with two attached hydrogens (primary N) is 1. The lowest BCUT2D eigenvalue weighted by Gasteiger charge is -2.40. The SMILES string of the molecule is CCCC1CCC(N)C(CN2CCOC(CC)C2)C1. The van der Waals surface area contributed by atoms with Crippen LogP contribution < -0.4 is 5.73 Å². The highest BCUT2D eigenvalue weighted by Gasteiger charge is 2.30. The molecular formula is C16H32N2O. The largest absolute Gasteiger partial charge is 0.376 e. The number of ether oxygens (including phenoxy) is 1. The fourth-order valence-corrected chi connectivity index (χ4v) is 3.79. The summed E-state index contributed by atoms with van der Waals surface area (Å²) in [6.45, 7) is 8.82. The van der Waals surface area contributed by atoms with Crippen molar-refractivity contribution in [3.05, 3.63) is 0 Å². The smallest absolute Gasteiger partial charge is 0.0700 e. The molecule has 1 saturated carbocycles. The van der Waals surface area contributed by atoms with Crippen LogP contribution in [0.5, 0.6) is 0 Å². The molecule has 2 fully saturated rings. The minimum atomic E-state index is 0.427. The molecule has 0 amide bonds. The molecule has 112 valence electrons. The molecule has 0 spiro atoms. The molecule has 1 aliphatic heterocycles. The first kappa shape index (κ1) is 15.3. The molecule has 0 aromatic rings. The van der Waals surface area contributed by atoms with Gasteiger partial charge in [0.1, 0.15) is 0 Å². The first-order valence-electron chi connectivity index (χ1n) is 8.32. The lowest BCUT2D eigenvalue weighted by molar-refractivity contribution is -0.0376. The van der Waals surface area contributed by atoms with Gasteiger partial charge < -0.3 is 10.5 Å². The third-order valence-electron chi connectivity index (χ3n) is 5.02. The van der Waals surface area contributed by atoms with E-state index in [-0.39, 0.29) is 0 Å². The Kier molecular flexibility index (Phi) is 6.11. The first-order chi connectivity index (χ1) is 9.22. The van der Waals surface area contributed by atoms with E-state index >= 15 is 0 Å². The monoisotopic (exact) mass is 268 g/mol. The third-order valence-corrected chi connectivity index (χ3v) is 5.02. The molecule has 2 rings (SSSR count). The van der Waals surface area contributed by atoms with Gasteiger partial charge in [-0.2, -0.15) is 0 Å². The molecule has 0 aromatic heterocycles. The van der Waals surface area contributed by atoms with E-state index in [1.807, 2.05) is 0 Å². The second-order valence-corrected chi connectivity index (χ2v) is 6.55. The standard InChI is InChI=1S/C16H32N2O/c1-3-5-13-6-7-16(17)14(10-13)11-18-8-9-19-15(4-2)12-18/h13-16H,3-12,17H2,1-2H3. The summed E-state index contributed by atoms with van der Waals surface area (Å²) in [4.78, 5) is 2.59. The highest BCUT2D eigenvalue weighted by atomic mass is 16.5. The normalized spacial score (nSPS) is 37.4. The quantitative estimate of drug-likeness (QED) is 0.833. The highest BCUT2D eigenvalue weighted by molar-refractivity contribution is 4.85. The predicted octanol–water partition coefficient (Wildman–Crippen LogP) is 2.64. The van der Waals surface area contributed by atoms with Crippen molar-refractivity contribution in [3.8, 4) is 0 Å². The zero-order valence-electron chi connectivity index (χ0n) is 12.8. The summed E-state index contributed by atoms with van der Waals surface area (Å²) < 4.78 is 5.76. The van der Waals surface area contributed by atoms with E-state index in [0.29, 0.717) is 18.1 Å². The molecule has 2 aliphatic rings. The molecular weight excluding hydrogens is 236 g/mol. The van der Waals surface area contributed by atoms with Gasteiger partial charge in [-0.05, 0) is 37.5 Å². The van der Waals surface area contributed by atoms with E-state index in [4.69, 9.17) is 10.5 Å². The number of nitrogens with zero attached hydrogens (tertiary/aromatic N) is 1. The summed E-state index contributed by atoms with van der Waals surface area (Å²) in [6.07, 6.45) is 8.23. The Morgan fingerprint density at radius 2 is 2.11 bits per heavy atom. The topological polar surface area (TPSA) is 38.5 Å². The number of morpholine rings is 1. The zero-order chi connectivity index (χ0) is 13.7. The average molecular weight is 268 g/mol. The van der Waals surface area contributed by atoms with Crippen molar-refractivity contribution >= 4 is 0 Å². The van der Waals surface area contributed by atoms with Crippen LogP contribution in [-0.2, 0) is 4.74 Å². The Balaban J connectivity index is 1.82. The molecule has 4 unspecified atom stereocenters. The molecule has 0 bridgehead atoms. The lowest BCUT2D eigenvalue weighted by atomic mass is 9.76. The molecule has 3 heteroatoms. The van der Waals surface area contributed by atoms with Crippen molar-refractivity contribution in [1.29, 1.82) is 0 Å². The molecule has 2 N–H and O–H groups in total. The third kappa shape index (κ3) is 4.44. The minimum absolute atomic E-state index is 0.427. The molecule has 4 atom stereocenters. The molecule has 19 heavy (non-hydrogen) atoms. The fraction of sp³-hybridized carbons (Fsp3) is 1.00. The molecule has 0 aromatic carbocycles. The van der Waals surface area contributed by atoms with Gasteiger partial charge in [0, 0.05) is 25.7 Å². The molecule has 1 saturated heterocycles. The van der Waals surface area contributed by atoms with Crippen LogP contribution in [0.2, 0.25) is 0 Å². The van der Waals surface area contributed by atoms with Crippen molar-refractivity contribution in [2.24, 2.45) is 17.6 Å². The van der Waals surface area contributed by atoms with Crippen LogP contribution in [0.1, 0.15) is 52.4 Å². The van der Waals surface area contributed by atoms with Gasteiger partial charge >= 0.3 is 0 Å². The van der Waals surface area contributed by atoms with Gasteiger partial charge in [-0.1, -0.05) is 26.7 Å². The lowest BCUT2D eigenvalue weighted by Crippen LogP contribution is -2.48. The number of rotatable bonds is 5. The first-order valence-corrected chi connectivity index (χ1v) is 8.32. The predicted molar refractivity (Wildman–Crippen MR) is 80.2 cm³/mol. The zero-order valence-corrected chi connectivity index (χ0v) is 12.8. The molecule has 1 heterocycles. The van der Waals surface area contributed by atoms with Crippen molar-refractivity contribution in [2.45, 2.75) is 64.5 Å². The summed E-state index contributed by atoms with van der Waals surface area (Å²) >= 11 is 0. The van der Waals surface area contributed by atoms with Crippen molar-refractivity contribution < 1.29 is 4.74 Å². The fourth-order valence-electron chi connectivity index (χ4n) is 3.79. The van der Waals surface area contributed by atoms with Gasteiger partial charge in [0.2, 0.25) is 0 Å². The van der Waals surface area contributed by atoms with Gasteiger partial charge in [-0.15, -0.1) is 0 Å². The Bertz CT molecular complexity index is 259. The second kappa shape index (κ2) is 7.61. The summed E-state index contributed by atoms with van der Waals surface area (Å²) in [6, 6.07) is 0.427. The van der Waals surface area contributed by atoms with Gasteiger partial charge in [-0.25, -0.2) is 0 Å². The maximum atomic E-state index is 6.36. The Morgan fingerprint density at radius 3 is 2.84 bits per heavy atom. The van der Waals surface area contributed by atoms with E-state index in [9.17, 15) is 0 Å². The van der Waals surface area contributed by atoms with E-state index < -0.39 is 0 Å². The van der Waals surface area contributed by atoms with Crippen LogP contribution in [0.15, 0.2) is 0 Å². The Morgan fingerprint density at radius 1 is 1.26 bits per heavy atom. The second-order valence-electron chi connectivity index (χ2n) is 6.55. The van der Waals surface area contributed by atoms with Crippen LogP contribution in [0.3, 0.4) is 0 Å². The summed E-state index contributed by atoms with van der Waals surface area (Å²) in [5.41, 5.74) is 6.36. The van der Waals surface area contributed by atoms with E-state index in [1.54, 1.807) is 0 Å². The van der Waals surface area contributed by atoms with Crippen molar-refractivity contribution in [1.82, 2.24) is 4.90 Å². The minimum Gasteiger partial charge on any atom is -0.376 e. The van der Waals surface area contributed by atoms with Crippen molar-refractivity contribution in [3.63, 3.8) is 0 Å². The van der Waals surface area contributed by atoms with Crippen LogP contribution in [0, 0.1) is 11.8 Å². The van der Waals surface area contributed by atoms with Gasteiger partial charge in [0.15, 0.2) is 0 Å². The van der Waals surface area contributed by atoms with E-state index in [0.717, 1.165) is 32.0 Å². The number of hydrogen-bond donors (Lipinski definition) is 1. The molecule has 3 nitrogen and oxygen atoms in total. The maximum Gasteiger partial charge on any atom is 0.0700 e. The van der Waals surface area contributed by atoms with E-state index in [1.165, 1.54) is 38.6 Å². The van der Waals surface area contributed by atoms with Gasteiger partial charge in [0.25, 0.3) is 0 Å². The summed E-state index contributed by atoms with van der Waals surface area (Å²) in [5.74, 6) is 1.64. The van der Waals surface area contributed by atoms with E-state index in [2.05, 4.69) is 18.7 Å². The average Bonchev–Trinajstić information content (AvgIpc) is 2.43. The van der Waals surface area contributed by atoms with Gasteiger partial charge in [0.05, 0.1) is 12.7 Å². The summed E-state index contributed by atoms with van der Waals surface area (Å²) in [7, 11) is 0. The molecule has 1 aliphatic carbocycles. The van der Waals surface area contributed by atoms with Crippen LogP contribution >= 0.6 is 0 Å². The highest BCUT2D eigenvalue weighted by Crippen LogP contribution is 2.32. The van der Waals surface area contributed by atoms with Gasteiger partial charge in [-0.3, -0.25) is 4.90 Å². The molecule has 0 radical (unpaired) electrons. The summed E-state index contributed by atoms with van der Waals surface area (Å²) in [5, 5.41) is 0. The Hall–Kier alpha value is -0.120. The van der Waals surface area contributed by atoms with Crippen LogP contribution in [0.25, 0.3) is 0 Å². The Labute approximate surface area is 118 Å².